The van der Waals surface area contributed by atoms with Gasteiger partial charge in [0.25, 0.3) is 0 Å². The molecule has 0 amide bonds. The van der Waals surface area contributed by atoms with Gasteiger partial charge in [0.1, 0.15) is 0 Å². The number of benzene rings is 2. The van der Waals surface area contributed by atoms with Gasteiger partial charge in [0, 0.05) is 12.3 Å². The summed E-state index contributed by atoms with van der Waals surface area (Å²) in [5, 5.41) is 11.1. The van der Waals surface area contributed by atoms with Crippen molar-refractivity contribution in [1.82, 2.24) is 0 Å². The zero-order valence-corrected chi connectivity index (χ0v) is 11.1. The smallest absolute Gasteiger partial charge is 0.0756 e. The van der Waals surface area contributed by atoms with Crippen LogP contribution in [-0.2, 0) is 6.42 Å². The van der Waals surface area contributed by atoms with Crippen molar-refractivity contribution < 1.29 is 5.11 Å². The Bertz CT molecular complexity index is 520. The first kappa shape index (κ1) is 12.4. The molecule has 0 saturated heterocycles. The number of hydrogen-bond acceptors (Lipinski definition) is 1. The summed E-state index contributed by atoms with van der Waals surface area (Å²) >= 11 is 0. The Morgan fingerprint density at radius 2 is 1.58 bits per heavy atom. The highest BCUT2D eigenvalue weighted by Crippen LogP contribution is 2.44. The van der Waals surface area contributed by atoms with Crippen LogP contribution in [-0.4, -0.2) is 10.7 Å². The van der Waals surface area contributed by atoms with Crippen LogP contribution < -0.4 is 0 Å². The van der Waals surface area contributed by atoms with Gasteiger partial charge in [0.05, 0.1) is 5.60 Å². The van der Waals surface area contributed by atoms with Gasteiger partial charge in [0.15, 0.2) is 0 Å². The molecular formula is C18H20O. The van der Waals surface area contributed by atoms with E-state index in [1.807, 2.05) is 24.3 Å². The molecular weight excluding hydrogens is 232 g/mol. The third-order valence-electron chi connectivity index (χ3n) is 4.31. The van der Waals surface area contributed by atoms with Gasteiger partial charge in [-0.05, 0) is 30.4 Å². The van der Waals surface area contributed by atoms with Crippen molar-refractivity contribution in [2.24, 2.45) is 0 Å². The summed E-state index contributed by atoms with van der Waals surface area (Å²) in [5.74, 6) is 0.272. The van der Waals surface area contributed by atoms with Gasteiger partial charge >= 0.3 is 0 Å². The van der Waals surface area contributed by atoms with Crippen LogP contribution >= 0.6 is 0 Å². The Hall–Kier alpha value is -1.60. The van der Waals surface area contributed by atoms with Crippen molar-refractivity contribution in [2.75, 3.05) is 0 Å². The van der Waals surface area contributed by atoms with Crippen LogP contribution in [0.25, 0.3) is 0 Å². The van der Waals surface area contributed by atoms with E-state index >= 15 is 0 Å². The lowest BCUT2D eigenvalue weighted by Crippen LogP contribution is -2.34. The Kier molecular flexibility index (Phi) is 3.39. The number of rotatable bonds is 3. The quantitative estimate of drug-likeness (QED) is 0.877. The molecule has 0 radical (unpaired) electrons. The minimum atomic E-state index is -0.581. The molecule has 1 aliphatic carbocycles. The lowest BCUT2D eigenvalue weighted by molar-refractivity contribution is 0.0303. The first-order chi connectivity index (χ1) is 9.28. The second-order valence-corrected chi connectivity index (χ2v) is 5.62. The number of aliphatic hydroxyl groups is 1. The molecule has 1 fully saturated rings. The van der Waals surface area contributed by atoms with E-state index in [4.69, 9.17) is 0 Å². The molecule has 0 bridgehead atoms. The molecule has 98 valence electrons. The fraction of sp³-hybridized carbons (Fsp3) is 0.333. The van der Waals surface area contributed by atoms with Crippen LogP contribution in [0.15, 0.2) is 60.7 Å². The van der Waals surface area contributed by atoms with E-state index < -0.39 is 5.60 Å². The van der Waals surface area contributed by atoms with Gasteiger partial charge in [-0.2, -0.15) is 0 Å². The second kappa shape index (κ2) is 5.18. The molecule has 0 spiro atoms. The second-order valence-electron chi connectivity index (χ2n) is 5.62. The SMILES string of the molecule is O[C@@]1(Cc2ccccc2)CCC[C@H]1c1ccccc1. The van der Waals surface area contributed by atoms with Gasteiger partial charge in [-0.1, -0.05) is 60.7 Å². The van der Waals surface area contributed by atoms with Gasteiger partial charge in [0.2, 0.25) is 0 Å². The predicted octanol–water partition coefficient (Wildman–Crippen LogP) is 3.93. The Morgan fingerprint density at radius 1 is 0.947 bits per heavy atom. The molecule has 1 N–H and O–H groups in total. The fourth-order valence-corrected chi connectivity index (χ4v) is 3.38. The van der Waals surface area contributed by atoms with Crippen molar-refractivity contribution in [1.29, 1.82) is 0 Å². The normalized spacial score (nSPS) is 26.5. The minimum Gasteiger partial charge on any atom is -0.389 e. The lowest BCUT2D eigenvalue weighted by Gasteiger charge is -2.30. The summed E-state index contributed by atoms with van der Waals surface area (Å²) in [4.78, 5) is 0. The van der Waals surface area contributed by atoms with Gasteiger partial charge in [-0.3, -0.25) is 0 Å². The van der Waals surface area contributed by atoms with Crippen LogP contribution in [0, 0.1) is 0 Å². The molecule has 2 aromatic carbocycles. The lowest BCUT2D eigenvalue weighted by atomic mass is 9.81. The van der Waals surface area contributed by atoms with Crippen LogP contribution in [0.4, 0.5) is 0 Å². The maximum absolute atomic E-state index is 11.1. The van der Waals surface area contributed by atoms with Crippen molar-refractivity contribution in [3.8, 4) is 0 Å². The molecule has 3 rings (SSSR count). The van der Waals surface area contributed by atoms with Crippen molar-refractivity contribution >= 4 is 0 Å². The molecule has 2 aromatic rings. The van der Waals surface area contributed by atoms with Crippen LogP contribution in [0.1, 0.15) is 36.3 Å². The van der Waals surface area contributed by atoms with E-state index in [1.165, 1.54) is 11.1 Å². The fourth-order valence-electron chi connectivity index (χ4n) is 3.38. The summed E-state index contributed by atoms with van der Waals surface area (Å²) in [6, 6.07) is 20.8. The van der Waals surface area contributed by atoms with Crippen LogP contribution in [0.3, 0.4) is 0 Å². The molecule has 0 aromatic heterocycles. The summed E-state index contributed by atoms with van der Waals surface area (Å²) < 4.78 is 0. The van der Waals surface area contributed by atoms with Gasteiger partial charge < -0.3 is 5.11 Å². The maximum atomic E-state index is 11.1. The average molecular weight is 252 g/mol. The number of hydrogen-bond donors (Lipinski definition) is 1. The zero-order valence-electron chi connectivity index (χ0n) is 11.1. The average Bonchev–Trinajstić information content (AvgIpc) is 2.82. The molecule has 1 nitrogen and oxygen atoms in total. The first-order valence-electron chi connectivity index (χ1n) is 7.09. The van der Waals surface area contributed by atoms with E-state index in [0.717, 1.165) is 25.7 Å². The molecule has 1 aliphatic rings. The van der Waals surface area contributed by atoms with Crippen molar-refractivity contribution in [3.05, 3.63) is 71.8 Å². The van der Waals surface area contributed by atoms with Gasteiger partial charge in [-0.15, -0.1) is 0 Å². The minimum absolute atomic E-state index is 0.272. The zero-order chi connectivity index (χ0) is 13.1. The highest BCUT2D eigenvalue weighted by Gasteiger charge is 2.41. The molecule has 0 unspecified atom stereocenters. The van der Waals surface area contributed by atoms with Crippen LogP contribution in [0.5, 0.6) is 0 Å². The third-order valence-corrected chi connectivity index (χ3v) is 4.31. The maximum Gasteiger partial charge on any atom is 0.0756 e. The molecule has 0 aliphatic heterocycles. The summed E-state index contributed by atoms with van der Waals surface area (Å²) in [6.45, 7) is 0. The molecule has 19 heavy (non-hydrogen) atoms. The molecule has 1 saturated carbocycles. The largest absolute Gasteiger partial charge is 0.389 e. The molecule has 2 atom stereocenters. The van der Waals surface area contributed by atoms with E-state index in [1.54, 1.807) is 0 Å². The summed E-state index contributed by atoms with van der Waals surface area (Å²) in [6.07, 6.45) is 3.87. The first-order valence-corrected chi connectivity index (χ1v) is 7.09. The standard InChI is InChI=1S/C18H20O/c19-18(14-15-8-3-1-4-9-15)13-7-12-17(18)16-10-5-2-6-11-16/h1-6,8-11,17,19H,7,12-14H2/t17-,18+/m0/s1. The van der Waals surface area contributed by atoms with E-state index in [9.17, 15) is 5.11 Å². The summed E-state index contributed by atoms with van der Waals surface area (Å²) in [5.41, 5.74) is 1.93. The predicted molar refractivity (Wildman–Crippen MR) is 78.1 cm³/mol. The Balaban J connectivity index is 1.86. The summed E-state index contributed by atoms with van der Waals surface area (Å²) in [7, 11) is 0. The third kappa shape index (κ3) is 2.57. The van der Waals surface area contributed by atoms with Crippen molar-refractivity contribution in [2.45, 2.75) is 37.2 Å². The van der Waals surface area contributed by atoms with Crippen molar-refractivity contribution in [3.63, 3.8) is 0 Å². The highest BCUT2D eigenvalue weighted by atomic mass is 16.3. The molecule has 0 heterocycles. The Labute approximate surface area is 114 Å². The van der Waals surface area contributed by atoms with E-state index in [2.05, 4.69) is 36.4 Å². The van der Waals surface area contributed by atoms with E-state index in [-0.39, 0.29) is 5.92 Å². The Morgan fingerprint density at radius 3 is 2.26 bits per heavy atom. The van der Waals surface area contributed by atoms with E-state index in [0.29, 0.717) is 0 Å². The topological polar surface area (TPSA) is 20.2 Å². The van der Waals surface area contributed by atoms with Gasteiger partial charge in [-0.25, -0.2) is 0 Å². The highest BCUT2D eigenvalue weighted by molar-refractivity contribution is 5.27. The van der Waals surface area contributed by atoms with Crippen LogP contribution in [0.2, 0.25) is 0 Å². The molecule has 1 heteroatoms. The monoisotopic (exact) mass is 252 g/mol.